The maximum absolute atomic E-state index is 12.4. The summed E-state index contributed by atoms with van der Waals surface area (Å²) in [7, 11) is 0. The molecule has 0 saturated carbocycles. The standard InChI is InChI=1S/C14H9BrN2O2S/c15-12-7-6-10(19-12)8-11-13(18)17(14(20)16-11)9-4-2-1-3-5-9/h1-8H,(H,16,20). The van der Waals surface area contributed by atoms with Crippen LogP contribution >= 0.6 is 28.1 Å². The first-order valence-electron chi connectivity index (χ1n) is 5.83. The van der Waals surface area contributed by atoms with Crippen LogP contribution < -0.4 is 10.2 Å². The van der Waals surface area contributed by atoms with Crippen LogP contribution in [0.2, 0.25) is 0 Å². The van der Waals surface area contributed by atoms with Gasteiger partial charge in [0.1, 0.15) is 11.5 Å². The molecule has 3 rings (SSSR count). The highest BCUT2D eigenvalue weighted by Gasteiger charge is 2.31. The van der Waals surface area contributed by atoms with Gasteiger partial charge in [-0.1, -0.05) is 18.2 Å². The summed E-state index contributed by atoms with van der Waals surface area (Å²) in [5.41, 5.74) is 1.12. The van der Waals surface area contributed by atoms with Crippen LogP contribution in [0, 0.1) is 0 Å². The number of rotatable bonds is 2. The third-order valence-corrected chi connectivity index (χ3v) is 3.48. The first-order chi connectivity index (χ1) is 9.65. The number of anilines is 1. The van der Waals surface area contributed by atoms with Crippen molar-refractivity contribution in [1.29, 1.82) is 0 Å². The second-order valence-electron chi connectivity index (χ2n) is 4.11. The Labute approximate surface area is 129 Å². The average Bonchev–Trinajstić information content (AvgIpc) is 2.96. The van der Waals surface area contributed by atoms with Crippen molar-refractivity contribution in [1.82, 2.24) is 5.32 Å². The predicted molar refractivity (Wildman–Crippen MR) is 84.0 cm³/mol. The molecule has 0 radical (unpaired) electrons. The Morgan fingerprint density at radius 3 is 2.60 bits per heavy atom. The first kappa shape index (κ1) is 13.1. The van der Waals surface area contributed by atoms with Gasteiger partial charge in [-0.15, -0.1) is 0 Å². The Morgan fingerprint density at radius 1 is 1.20 bits per heavy atom. The summed E-state index contributed by atoms with van der Waals surface area (Å²) < 4.78 is 5.96. The number of carbonyl (C=O) groups excluding carboxylic acids is 1. The van der Waals surface area contributed by atoms with E-state index in [-0.39, 0.29) is 5.91 Å². The van der Waals surface area contributed by atoms with Gasteiger partial charge in [-0.3, -0.25) is 9.69 Å². The van der Waals surface area contributed by atoms with E-state index in [2.05, 4.69) is 21.2 Å². The van der Waals surface area contributed by atoms with Gasteiger partial charge in [-0.2, -0.15) is 0 Å². The molecule has 1 amide bonds. The SMILES string of the molecule is O=C1C(=Cc2ccc(Br)o2)NC(=S)N1c1ccccc1. The molecule has 0 bridgehead atoms. The Bertz CT molecular complexity index is 709. The molecule has 1 aromatic carbocycles. The number of carbonyl (C=O) groups is 1. The molecular formula is C14H9BrN2O2S. The summed E-state index contributed by atoms with van der Waals surface area (Å²) in [6.07, 6.45) is 1.63. The Kier molecular flexibility index (Phi) is 3.42. The lowest BCUT2D eigenvalue weighted by molar-refractivity contribution is -0.113. The second kappa shape index (κ2) is 5.22. The van der Waals surface area contributed by atoms with Crippen LogP contribution in [-0.2, 0) is 4.79 Å². The third kappa shape index (κ3) is 2.39. The van der Waals surface area contributed by atoms with Crippen LogP contribution in [0.5, 0.6) is 0 Å². The topological polar surface area (TPSA) is 45.5 Å². The minimum Gasteiger partial charge on any atom is -0.450 e. The molecule has 0 spiro atoms. The van der Waals surface area contributed by atoms with Gasteiger partial charge in [0.15, 0.2) is 9.78 Å². The van der Waals surface area contributed by atoms with E-state index in [0.717, 1.165) is 5.69 Å². The van der Waals surface area contributed by atoms with Crippen molar-refractivity contribution < 1.29 is 9.21 Å². The van der Waals surface area contributed by atoms with Gasteiger partial charge in [0.25, 0.3) is 5.91 Å². The van der Waals surface area contributed by atoms with Crippen molar-refractivity contribution >= 4 is 50.9 Å². The lowest BCUT2D eigenvalue weighted by Crippen LogP contribution is -2.30. The Balaban J connectivity index is 1.93. The monoisotopic (exact) mass is 348 g/mol. The molecule has 0 aliphatic carbocycles. The van der Waals surface area contributed by atoms with E-state index in [0.29, 0.717) is 21.2 Å². The lowest BCUT2D eigenvalue weighted by atomic mass is 10.3. The fraction of sp³-hybridized carbons (Fsp3) is 0. The van der Waals surface area contributed by atoms with E-state index < -0.39 is 0 Å². The van der Waals surface area contributed by atoms with E-state index in [4.69, 9.17) is 16.6 Å². The van der Waals surface area contributed by atoms with Crippen molar-refractivity contribution in [3.63, 3.8) is 0 Å². The maximum Gasteiger partial charge on any atom is 0.281 e. The van der Waals surface area contributed by atoms with E-state index in [1.807, 2.05) is 30.3 Å². The van der Waals surface area contributed by atoms with Gasteiger partial charge in [-0.05, 0) is 52.4 Å². The van der Waals surface area contributed by atoms with Gasteiger partial charge < -0.3 is 9.73 Å². The zero-order valence-electron chi connectivity index (χ0n) is 10.2. The summed E-state index contributed by atoms with van der Waals surface area (Å²) >= 11 is 8.43. The quantitative estimate of drug-likeness (QED) is 0.668. The maximum atomic E-state index is 12.4. The van der Waals surface area contributed by atoms with Crippen LogP contribution in [0.3, 0.4) is 0 Å². The third-order valence-electron chi connectivity index (χ3n) is 2.77. The minimum atomic E-state index is -0.200. The van der Waals surface area contributed by atoms with Crippen LogP contribution in [0.25, 0.3) is 6.08 Å². The molecule has 1 N–H and O–H groups in total. The van der Waals surface area contributed by atoms with E-state index in [1.165, 1.54) is 4.90 Å². The number of thiocarbonyl (C=S) groups is 1. The minimum absolute atomic E-state index is 0.200. The smallest absolute Gasteiger partial charge is 0.281 e. The zero-order chi connectivity index (χ0) is 14.1. The molecule has 1 aliphatic rings. The van der Waals surface area contributed by atoms with Crippen molar-refractivity contribution in [2.24, 2.45) is 0 Å². The van der Waals surface area contributed by atoms with Crippen molar-refractivity contribution in [3.8, 4) is 0 Å². The molecule has 2 aromatic rings. The highest BCUT2D eigenvalue weighted by atomic mass is 79.9. The van der Waals surface area contributed by atoms with Crippen LogP contribution in [0.1, 0.15) is 5.76 Å². The van der Waals surface area contributed by atoms with E-state index in [1.54, 1.807) is 18.2 Å². The number of furan rings is 1. The fourth-order valence-electron chi connectivity index (χ4n) is 1.89. The molecule has 0 atom stereocenters. The summed E-state index contributed by atoms with van der Waals surface area (Å²) in [5.74, 6) is 0.374. The van der Waals surface area contributed by atoms with Gasteiger partial charge in [-0.25, -0.2) is 0 Å². The van der Waals surface area contributed by atoms with Gasteiger partial charge in [0, 0.05) is 6.08 Å². The van der Waals surface area contributed by atoms with Crippen LogP contribution in [-0.4, -0.2) is 11.0 Å². The zero-order valence-corrected chi connectivity index (χ0v) is 12.6. The molecule has 1 fully saturated rings. The lowest BCUT2D eigenvalue weighted by Gasteiger charge is -2.13. The Morgan fingerprint density at radius 2 is 1.95 bits per heavy atom. The molecule has 1 saturated heterocycles. The highest BCUT2D eigenvalue weighted by Crippen LogP contribution is 2.23. The number of amides is 1. The largest absolute Gasteiger partial charge is 0.450 e. The number of hydrogen-bond donors (Lipinski definition) is 1. The summed E-state index contributed by atoms with van der Waals surface area (Å²) in [6.45, 7) is 0. The molecule has 0 unspecified atom stereocenters. The number of halogens is 1. The van der Waals surface area contributed by atoms with Gasteiger partial charge >= 0.3 is 0 Å². The van der Waals surface area contributed by atoms with E-state index >= 15 is 0 Å². The summed E-state index contributed by atoms with van der Waals surface area (Å²) in [4.78, 5) is 13.8. The molecule has 20 heavy (non-hydrogen) atoms. The van der Waals surface area contributed by atoms with Crippen molar-refractivity contribution in [2.75, 3.05) is 4.90 Å². The molecule has 4 nitrogen and oxygen atoms in total. The second-order valence-corrected chi connectivity index (χ2v) is 5.27. The highest BCUT2D eigenvalue weighted by molar-refractivity contribution is 9.10. The number of benzene rings is 1. The summed E-state index contributed by atoms with van der Waals surface area (Å²) in [6, 6.07) is 12.8. The predicted octanol–water partition coefficient (Wildman–Crippen LogP) is 3.30. The fourth-order valence-corrected chi connectivity index (χ4v) is 2.51. The molecule has 1 aromatic heterocycles. The molecule has 6 heteroatoms. The first-order valence-corrected chi connectivity index (χ1v) is 7.03. The number of nitrogens with zero attached hydrogens (tertiary/aromatic N) is 1. The number of para-hydroxylation sites is 1. The number of hydrogen-bond acceptors (Lipinski definition) is 3. The molecule has 100 valence electrons. The molecule has 1 aliphatic heterocycles. The van der Waals surface area contributed by atoms with Crippen LogP contribution in [0.4, 0.5) is 5.69 Å². The summed E-state index contributed by atoms with van der Waals surface area (Å²) in [5, 5.41) is 3.26. The average molecular weight is 349 g/mol. The van der Waals surface area contributed by atoms with Crippen molar-refractivity contribution in [2.45, 2.75) is 0 Å². The van der Waals surface area contributed by atoms with Crippen LogP contribution in [0.15, 0.2) is 57.2 Å². The van der Waals surface area contributed by atoms with Crippen molar-refractivity contribution in [3.05, 3.63) is 58.6 Å². The molecule has 2 heterocycles. The normalized spacial score (nSPS) is 16.9. The number of nitrogens with one attached hydrogen (secondary N) is 1. The van der Waals surface area contributed by atoms with Gasteiger partial charge in [0.2, 0.25) is 0 Å². The Hall–Kier alpha value is -1.92. The molecular weight excluding hydrogens is 340 g/mol. The van der Waals surface area contributed by atoms with Gasteiger partial charge in [0.05, 0.1) is 5.69 Å². The van der Waals surface area contributed by atoms with E-state index in [9.17, 15) is 4.79 Å².